The second-order valence-corrected chi connectivity index (χ2v) is 5.85. The topological polar surface area (TPSA) is 92.0 Å². The number of carbonyl (C=O) groups is 2. The maximum Gasteiger partial charge on any atom is 0.337 e. The number of hydrogen-bond acceptors (Lipinski definition) is 4. The molecule has 1 amide bonds. The van der Waals surface area contributed by atoms with Crippen LogP contribution in [-0.4, -0.2) is 56.9 Å². The first-order valence-electron chi connectivity index (χ1n) is 7.53. The van der Waals surface area contributed by atoms with E-state index in [9.17, 15) is 19.8 Å². The van der Waals surface area contributed by atoms with Crippen LogP contribution in [0.15, 0.2) is 6.07 Å². The SMILES string of the molecule is CC(O)[C@H]1CCCN1C(=O)c1cc(C(=O)O)c2n1CCOC2. The number of aromatic nitrogens is 1. The van der Waals surface area contributed by atoms with Crippen molar-refractivity contribution in [2.24, 2.45) is 0 Å². The van der Waals surface area contributed by atoms with Crippen molar-refractivity contribution in [3.63, 3.8) is 0 Å². The van der Waals surface area contributed by atoms with Crippen molar-refractivity contribution in [3.05, 3.63) is 23.0 Å². The first kappa shape index (κ1) is 15.1. The molecule has 3 rings (SSSR count). The van der Waals surface area contributed by atoms with Gasteiger partial charge in [-0.3, -0.25) is 4.79 Å². The zero-order valence-electron chi connectivity index (χ0n) is 12.5. The second-order valence-electron chi connectivity index (χ2n) is 5.85. The fourth-order valence-corrected chi connectivity index (χ4v) is 3.38. The molecule has 22 heavy (non-hydrogen) atoms. The number of likely N-dealkylation sites (tertiary alicyclic amines) is 1. The minimum absolute atomic E-state index is 0.121. The molecule has 0 radical (unpaired) electrons. The highest BCUT2D eigenvalue weighted by Gasteiger charge is 2.35. The normalized spacial score (nSPS) is 22.5. The minimum atomic E-state index is -1.05. The third-order valence-corrected chi connectivity index (χ3v) is 4.47. The Labute approximate surface area is 128 Å². The maximum atomic E-state index is 12.8. The Balaban J connectivity index is 1.97. The van der Waals surface area contributed by atoms with E-state index in [0.29, 0.717) is 31.1 Å². The lowest BCUT2D eigenvalue weighted by molar-refractivity contribution is 0.0507. The molecule has 2 aliphatic rings. The predicted molar refractivity (Wildman–Crippen MR) is 76.8 cm³/mol. The van der Waals surface area contributed by atoms with Crippen molar-refractivity contribution < 1.29 is 24.5 Å². The molecule has 2 atom stereocenters. The van der Waals surface area contributed by atoms with Crippen molar-refractivity contribution in [2.45, 2.75) is 45.1 Å². The number of ether oxygens (including phenoxy) is 1. The molecule has 3 heterocycles. The van der Waals surface area contributed by atoms with Gasteiger partial charge in [0.05, 0.1) is 36.6 Å². The van der Waals surface area contributed by atoms with Gasteiger partial charge in [0.15, 0.2) is 0 Å². The molecule has 1 saturated heterocycles. The van der Waals surface area contributed by atoms with E-state index < -0.39 is 12.1 Å². The van der Waals surface area contributed by atoms with Crippen LogP contribution < -0.4 is 0 Å². The lowest BCUT2D eigenvalue weighted by atomic mass is 10.1. The van der Waals surface area contributed by atoms with Crippen molar-refractivity contribution in [2.75, 3.05) is 13.2 Å². The molecule has 1 unspecified atom stereocenters. The van der Waals surface area contributed by atoms with E-state index in [1.54, 1.807) is 16.4 Å². The van der Waals surface area contributed by atoms with Gasteiger partial charge in [0, 0.05) is 13.1 Å². The van der Waals surface area contributed by atoms with Crippen LogP contribution in [0.25, 0.3) is 0 Å². The Bertz CT molecular complexity index is 607. The molecule has 1 aromatic rings. The van der Waals surface area contributed by atoms with Gasteiger partial charge in [-0.05, 0) is 25.8 Å². The Morgan fingerprint density at radius 3 is 2.86 bits per heavy atom. The van der Waals surface area contributed by atoms with Gasteiger partial charge in [-0.1, -0.05) is 0 Å². The molecule has 120 valence electrons. The smallest absolute Gasteiger partial charge is 0.337 e. The molecular weight excluding hydrogens is 288 g/mol. The highest BCUT2D eigenvalue weighted by atomic mass is 16.5. The number of rotatable bonds is 3. The van der Waals surface area contributed by atoms with Crippen LogP contribution in [0.1, 0.15) is 46.3 Å². The molecular formula is C15H20N2O5. The summed E-state index contributed by atoms with van der Waals surface area (Å²) >= 11 is 0. The summed E-state index contributed by atoms with van der Waals surface area (Å²) in [4.78, 5) is 25.9. The Morgan fingerprint density at radius 2 is 2.18 bits per heavy atom. The summed E-state index contributed by atoms with van der Waals surface area (Å²) in [6, 6.07) is 1.23. The van der Waals surface area contributed by atoms with Gasteiger partial charge in [0.25, 0.3) is 5.91 Å². The van der Waals surface area contributed by atoms with E-state index in [1.165, 1.54) is 6.07 Å². The summed E-state index contributed by atoms with van der Waals surface area (Å²) in [6.45, 7) is 3.40. The summed E-state index contributed by atoms with van der Waals surface area (Å²) < 4.78 is 7.06. The number of carboxylic acid groups (broad SMARTS) is 1. The Hall–Kier alpha value is -1.86. The van der Waals surface area contributed by atoms with Gasteiger partial charge in [-0.15, -0.1) is 0 Å². The van der Waals surface area contributed by atoms with E-state index in [1.807, 2.05) is 0 Å². The lowest BCUT2D eigenvalue weighted by Gasteiger charge is -2.28. The first-order chi connectivity index (χ1) is 10.5. The van der Waals surface area contributed by atoms with Crippen LogP contribution >= 0.6 is 0 Å². The number of aliphatic hydroxyl groups is 1. The molecule has 0 aliphatic carbocycles. The molecule has 7 heteroatoms. The average molecular weight is 308 g/mol. The van der Waals surface area contributed by atoms with Gasteiger partial charge >= 0.3 is 5.97 Å². The summed E-state index contributed by atoms with van der Waals surface area (Å²) in [7, 11) is 0. The van der Waals surface area contributed by atoms with Gasteiger partial charge in [-0.2, -0.15) is 0 Å². The highest BCUT2D eigenvalue weighted by molar-refractivity contribution is 5.98. The number of hydrogen-bond donors (Lipinski definition) is 2. The largest absolute Gasteiger partial charge is 0.478 e. The van der Waals surface area contributed by atoms with Gasteiger partial charge in [-0.25, -0.2) is 4.79 Å². The zero-order valence-corrected chi connectivity index (χ0v) is 12.5. The van der Waals surface area contributed by atoms with Crippen molar-refractivity contribution in [1.29, 1.82) is 0 Å². The quantitative estimate of drug-likeness (QED) is 0.857. The van der Waals surface area contributed by atoms with Crippen molar-refractivity contribution in [3.8, 4) is 0 Å². The average Bonchev–Trinajstić information content (AvgIpc) is 3.11. The van der Waals surface area contributed by atoms with Crippen molar-refractivity contribution >= 4 is 11.9 Å². The van der Waals surface area contributed by atoms with E-state index >= 15 is 0 Å². The van der Waals surface area contributed by atoms with Crippen LogP contribution in [-0.2, 0) is 17.9 Å². The number of aliphatic hydroxyl groups excluding tert-OH is 1. The Morgan fingerprint density at radius 1 is 1.41 bits per heavy atom. The predicted octanol–water partition coefficient (Wildman–Crippen LogP) is 0.702. The highest BCUT2D eigenvalue weighted by Crippen LogP contribution is 2.26. The third-order valence-electron chi connectivity index (χ3n) is 4.47. The fourth-order valence-electron chi connectivity index (χ4n) is 3.38. The number of nitrogens with zero attached hydrogens (tertiary/aromatic N) is 2. The molecule has 0 saturated carbocycles. The molecule has 0 spiro atoms. The standard InChI is InChI=1S/C15H20N2O5/c1-9(18)11-3-2-4-17(11)14(19)12-7-10(15(20)21)13-8-22-6-5-16(12)13/h7,9,11,18H,2-6,8H2,1H3,(H,20,21)/t9?,11-/m1/s1. The monoisotopic (exact) mass is 308 g/mol. The van der Waals surface area contributed by atoms with E-state index in [4.69, 9.17) is 4.74 Å². The molecule has 2 aliphatic heterocycles. The van der Waals surface area contributed by atoms with Crippen LogP contribution in [0.3, 0.4) is 0 Å². The molecule has 0 bridgehead atoms. The zero-order chi connectivity index (χ0) is 15.9. The van der Waals surface area contributed by atoms with Gasteiger partial charge in [0.2, 0.25) is 0 Å². The number of carboxylic acids is 1. The van der Waals surface area contributed by atoms with Crippen molar-refractivity contribution in [1.82, 2.24) is 9.47 Å². The van der Waals surface area contributed by atoms with E-state index in [-0.39, 0.29) is 24.1 Å². The van der Waals surface area contributed by atoms with Crippen LogP contribution in [0.4, 0.5) is 0 Å². The van der Waals surface area contributed by atoms with E-state index in [0.717, 1.165) is 12.8 Å². The number of amides is 1. The summed E-state index contributed by atoms with van der Waals surface area (Å²) in [5, 5.41) is 19.1. The van der Waals surface area contributed by atoms with Gasteiger partial charge < -0.3 is 24.4 Å². The van der Waals surface area contributed by atoms with Crippen LogP contribution in [0.2, 0.25) is 0 Å². The fraction of sp³-hybridized carbons (Fsp3) is 0.600. The summed E-state index contributed by atoms with van der Waals surface area (Å²) in [5.41, 5.74) is 1.04. The molecule has 1 aromatic heterocycles. The summed E-state index contributed by atoms with van der Waals surface area (Å²) in [5.74, 6) is -1.26. The number of carbonyl (C=O) groups excluding carboxylic acids is 1. The number of aromatic carboxylic acids is 1. The minimum Gasteiger partial charge on any atom is -0.478 e. The molecule has 1 fully saturated rings. The second kappa shape index (κ2) is 5.73. The van der Waals surface area contributed by atoms with E-state index in [2.05, 4.69) is 0 Å². The van der Waals surface area contributed by atoms with Gasteiger partial charge in [0.1, 0.15) is 5.69 Å². The third kappa shape index (κ3) is 2.40. The molecule has 7 nitrogen and oxygen atoms in total. The number of fused-ring (bicyclic) bond motifs is 1. The maximum absolute atomic E-state index is 12.8. The first-order valence-corrected chi connectivity index (χ1v) is 7.53. The lowest BCUT2D eigenvalue weighted by Crippen LogP contribution is -2.42. The van der Waals surface area contributed by atoms with Crippen LogP contribution in [0.5, 0.6) is 0 Å². The Kier molecular flexibility index (Phi) is 3.92. The van der Waals surface area contributed by atoms with Crippen LogP contribution in [0, 0.1) is 0 Å². The molecule has 0 aromatic carbocycles. The molecule has 2 N–H and O–H groups in total. The summed E-state index contributed by atoms with van der Waals surface area (Å²) in [6.07, 6.45) is 1.03.